The SMILES string of the molecule is CNC(=O)Nc1ccc(CNC(=O)c2ccc(-c3ccccc3-c3nn[nH]n3)cc2)cc1. The third kappa shape index (κ3) is 4.78. The van der Waals surface area contributed by atoms with Crippen LogP contribution in [0.2, 0.25) is 0 Å². The fourth-order valence-corrected chi connectivity index (χ4v) is 3.19. The molecule has 3 amide bonds. The Morgan fingerprint density at radius 3 is 2.28 bits per heavy atom. The summed E-state index contributed by atoms with van der Waals surface area (Å²) in [5.41, 5.74) is 4.91. The quantitative estimate of drug-likeness (QED) is 0.376. The van der Waals surface area contributed by atoms with E-state index in [1.165, 1.54) is 0 Å². The molecule has 4 N–H and O–H groups in total. The van der Waals surface area contributed by atoms with E-state index in [2.05, 4.69) is 36.6 Å². The molecule has 0 aliphatic heterocycles. The summed E-state index contributed by atoms with van der Waals surface area (Å²) in [6, 6.07) is 22.1. The number of aromatic nitrogens is 4. The van der Waals surface area contributed by atoms with Crippen LogP contribution in [0.3, 0.4) is 0 Å². The highest BCUT2D eigenvalue weighted by Crippen LogP contribution is 2.29. The van der Waals surface area contributed by atoms with Crippen LogP contribution in [-0.2, 0) is 6.54 Å². The van der Waals surface area contributed by atoms with Crippen LogP contribution in [0, 0.1) is 0 Å². The van der Waals surface area contributed by atoms with Crippen molar-refractivity contribution in [2.75, 3.05) is 12.4 Å². The lowest BCUT2D eigenvalue weighted by Crippen LogP contribution is -2.24. The number of benzene rings is 3. The summed E-state index contributed by atoms with van der Waals surface area (Å²) in [4.78, 5) is 23.9. The summed E-state index contributed by atoms with van der Waals surface area (Å²) >= 11 is 0. The van der Waals surface area contributed by atoms with Crippen LogP contribution in [0.25, 0.3) is 22.5 Å². The molecule has 3 aromatic carbocycles. The number of nitrogens with zero attached hydrogens (tertiary/aromatic N) is 3. The maximum Gasteiger partial charge on any atom is 0.318 e. The summed E-state index contributed by atoms with van der Waals surface area (Å²) in [6.45, 7) is 0.376. The largest absolute Gasteiger partial charge is 0.348 e. The number of carbonyl (C=O) groups is 2. The van der Waals surface area contributed by atoms with Gasteiger partial charge in [0.1, 0.15) is 0 Å². The van der Waals surface area contributed by atoms with Gasteiger partial charge in [-0.25, -0.2) is 4.79 Å². The van der Waals surface area contributed by atoms with E-state index in [0.29, 0.717) is 23.6 Å². The average molecular weight is 427 g/mol. The lowest BCUT2D eigenvalue weighted by atomic mass is 9.98. The standard InChI is InChI=1S/C23H21N7O2/c1-24-23(32)26-18-12-6-15(7-13-18)14-25-22(31)17-10-8-16(9-11-17)19-4-2-3-5-20(19)21-27-29-30-28-21/h2-13H,14H2,1H3,(H,25,31)(H2,24,26,32)(H,27,28,29,30). The molecule has 32 heavy (non-hydrogen) atoms. The Hall–Kier alpha value is -4.53. The number of urea groups is 1. The Kier molecular flexibility index (Phi) is 6.17. The highest BCUT2D eigenvalue weighted by molar-refractivity contribution is 5.95. The number of tetrazole rings is 1. The maximum absolute atomic E-state index is 12.6. The first-order chi connectivity index (χ1) is 15.6. The molecule has 1 heterocycles. The summed E-state index contributed by atoms with van der Waals surface area (Å²) < 4.78 is 0. The molecule has 0 bridgehead atoms. The molecule has 9 heteroatoms. The fraction of sp³-hybridized carbons (Fsp3) is 0.0870. The zero-order valence-corrected chi connectivity index (χ0v) is 17.3. The molecule has 0 spiro atoms. The van der Waals surface area contributed by atoms with Gasteiger partial charge < -0.3 is 16.0 Å². The third-order valence-corrected chi connectivity index (χ3v) is 4.86. The van der Waals surface area contributed by atoms with Crippen molar-refractivity contribution in [2.45, 2.75) is 6.54 Å². The number of carbonyl (C=O) groups excluding carboxylic acids is 2. The summed E-state index contributed by atoms with van der Waals surface area (Å²) in [6.07, 6.45) is 0. The molecule has 4 rings (SSSR count). The van der Waals surface area contributed by atoms with Crippen LogP contribution in [0.1, 0.15) is 15.9 Å². The van der Waals surface area contributed by atoms with Crippen LogP contribution >= 0.6 is 0 Å². The van der Waals surface area contributed by atoms with Crippen molar-refractivity contribution in [1.82, 2.24) is 31.3 Å². The molecule has 0 atom stereocenters. The van der Waals surface area contributed by atoms with Crippen molar-refractivity contribution in [3.05, 3.63) is 83.9 Å². The summed E-state index contributed by atoms with van der Waals surface area (Å²) in [5, 5.41) is 22.3. The number of hydrogen-bond donors (Lipinski definition) is 4. The molecule has 1 aromatic heterocycles. The van der Waals surface area contributed by atoms with Gasteiger partial charge in [-0.2, -0.15) is 5.21 Å². The van der Waals surface area contributed by atoms with E-state index >= 15 is 0 Å². The number of aromatic amines is 1. The number of nitrogens with one attached hydrogen (secondary N) is 4. The predicted octanol–water partition coefficient (Wildman–Crippen LogP) is 3.22. The fourth-order valence-electron chi connectivity index (χ4n) is 3.19. The minimum atomic E-state index is -0.283. The van der Waals surface area contributed by atoms with Crippen molar-refractivity contribution in [2.24, 2.45) is 0 Å². The Bertz CT molecular complexity index is 1200. The number of anilines is 1. The van der Waals surface area contributed by atoms with E-state index in [1.807, 2.05) is 48.5 Å². The molecule has 0 unspecified atom stereocenters. The van der Waals surface area contributed by atoms with Gasteiger partial charge in [0.2, 0.25) is 5.82 Å². The molecule has 0 saturated carbocycles. The first kappa shape index (κ1) is 20.7. The summed E-state index contributed by atoms with van der Waals surface area (Å²) in [7, 11) is 1.55. The van der Waals surface area contributed by atoms with Gasteiger partial charge in [0.25, 0.3) is 5.91 Å². The van der Waals surface area contributed by atoms with Gasteiger partial charge in [-0.3, -0.25) is 4.79 Å². The van der Waals surface area contributed by atoms with Gasteiger partial charge in [-0.05, 0) is 46.2 Å². The number of hydrogen-bond acceptors (Lipinski definition) is 5. The molecule has 160 valence electrons. The van der Waals surface area contributed by atoms with Crippen molar-refractivity contribution in [3.8, 4) is 22.5 Å². The monoisotopic (exact) mass is 427 g/mol. The Labute approximate surface area is 184 Å². The van der Waals surface area contributed by atoms with Crippen molar-refractivity contribution >= 4 is 17.6 Å². The Morgan fingerprint density at radius 1 is 0.906 bits per heavy atom. The second kappa shape index (κ2) is 9.52. The van der Waals surface area contributed by atoms with E-state index in [-0.39, 0.29) is 11.9 Å². The molecule has 0 radical (unpaired) electrons. The molecule has 0 fully saturated rings. The van der Waals surface area contributed by atoms with E-state index in [0.717, 1.165) is 22.3 Å². The third-order valence-electron chi connectivity index (χ3n) is 4.86. The van der Waals surface area contributed by atoms with Crippen molar-refractivity contribution < 1.29 is 9.59 Å². The predicted molar refractivity (Wildman–Crippen MR) is 121 cm³/mol. The lowest BCUT2D eigenvalue weighted by Gasteiger charge is -2.09. The summed E-state index contributed by atoms with van der Waals surface area (Å²) in [5.74, 6) is 0.342. The van der Waals surface area contributed by atoms with E-state index in [1.54, 1.807) is 31.3 Å². The van der Waals surface area contributed by atoms with Crippen LogP contribution in [-0.4, -0.2) is 39.6 Å². The van der Waals surface area contributed by atoms with Gasteiger partial charge in [0.05, 0.1) is 0 Å². The maximum atomic E-state index is 12.6. The molecular weight excluding hydrogens is 406 g/mol. The van der Waals surface area contributed by atoms with Crippen LogP contribution in [0.5, 0.6) is 0 Å². The lowest BCUT2D eigenvalue weighted by molar-refractivity contribution is 0.0951. The zero-order chi connectivity index (χ0) is 22.3. The molecular formula is C23H21N7O2. The molecule has 9 nitrogen and oxygen atoms in total. The van der Waals surface area contributed by atoms with Crippen molar-refractivity contribution in [3.63, 3.8) is 0 Å². The van der Waals surface area contributed by atoms with E-state index in [4.69, 9.17) is 0 Å². The minimum Gasteiger partial charge on any atom is -0.348 e. The van der Waals surface area contributed by atoms with Crippen molar-refractivity contribution in [1.29, 1.82) is 0 Å². The topological polar surface area (TPSA) is 125 Å². The van der Waals surface area contributed by atoms with Crippen LogP contribution < -0.4 is 16.0 Å². The van der Waals surface area contributed by atoms with Gasteiger partial charge in [0.15, 0.2) is 0 Å². The first-order valence-electron chi connectivity index (χ1n) is 9.93. The highest BCUT2D eigenvalue weighted by Gasteiger charge is 2.12. The molecule has 0 saturated heterocycles. The molecule has 4 aromatic rings. The second-order valence-electron chi connectivity index (χ2n) is 6.94. The highest BCUT2D eigenvalue weighted by atomic mass is 16.2. The van der Waals surface area contributed by atoms with Gasteiger partial charge in [-0.1, -0.05) is 48.5 Å². The smallest absolute Gasteiger partial charge is 0.318 e. The van der Waals surface area contributed by atoms with Crippen LogP contribution in [0.15, 0.2) is 72.8 Å². The normalized spacial score (nSPS) is 10.4. The van der Waals surface area contributed by atoms with E-state index in [9.17, 15) is 9.59 Å². The second-order valence-corrected chi connectivity index (χ2v) is 6.94. The number of amides is 3. The zero-order valence-electron chi connectivity index (χ0n) is 17.3. The number of rotatable bonds is 6. The molecule has 0 aliphatic rings. The van der Waals surface area contributed by atoms with Gasteiger partial charge in [0, 0.05) is 30.4 Å². The van der Waals surface area contributed by atoms with Gasteiger partial charge >= 0.3 is 6.03 Å². The first-order valence-corrected chi connectivity index (χ1v) is 9.93. The van der Waals surface area contributed by atoms with Gasteiger partial charge in [-0.15, -0.1) is 10.2 Å². The van der Waals surface area contributed by atoms with E-state index < -0.39 is 0 Å². The minimum absolute atomic E-state index is 0.171. The molecule has 0 aliphatic carbocycles. The number of H-pyrrole nitrogens is 1. The Morgan fingerprint density at radius 2 is 1.62 bits per heavy atom. The average Bonchev–Trinajstić information content (AvgIpc) is 3.38. The Balaban J connectivity index is 1.41. The van der Waals surface area contributed by atoms with Crippen LogP contribution in [0.4, 0.5) is 10.5 Å².